The Morgan fingerprint density at radius 3 is 3.05 bits per heavy atom. The first kappa shape index (κ1) is 14.6. The third-order valence-electron chi connectivity index (χ3n) is 2.91. The Labute approximate surface area is 118 Å². The molecule has 0 bridgehead atoms. The summed E-state index contributed by atoms with van der Waals surface area (Å²) in [5.74, 6) is 2.50. The largest absolute Gasteiger partial charge is 0.370 e. The van der Waals surface area contributed by atoms with E-state index in [0.717, 1.165) is 24.5 Å². The van der Waals surface area contributed by atoms with Gasteiger partial charge in [0.25, 0.3) is 0 Å². The average Bonchev–Trinajstić information content (AvgIpc) is 2.69. The topological polar surface area (TPSA) is 62.3 Å². The first-order valence-corrected chi connectivity index (χ1v) is 9.02. The fraction of sp³-hybridized carbons (Fsp3) is 0.583. The summed E-state index contributed by atoms with van der Waals surface area (Å²) in [4.78, 5) is 4.43. The number of anilines is 1. The van der Waals surface area contributed by atoms with Crippen molar-refractivity contribution in [2.75, 3.05) is 36.5 Å². The summed E-state index contributed by atoms with van der Waals surface area (Å²) in [6, 6.07) is 3.17. The van der Waals surface area contributed by atoms with Gasteiger partial charge in [-0.1, -0.05) is 0 Å². The van der Waals surface area contributed by atoms with Crippen molar-refractivity contribution >= 4 is 27.6 Å². The van der Waals surface area contributed by atoms with Crippen LogP contribution in [0.1, 0.15) is 13.3 Å². The molecule has 1 aromatic heterocycles. The van der Waals surface area contributed by atoms with Crippen molar-refractivity contribution < 1.29 is 8.42 Å². The molecular formula is C12H19N3O2S2. The highest BCUT2D eigenvalue weighted by Crippen LogP contribution is 2.21. The Bertz CT molecular complexity index is 511. The minimum Gasteiger partial charge on any atom is -0.370 e. The third-order valence-corrected chi connectivity index (χ3v) is 5.85. The van der Waals surface area contributed by atoms with E-state index in [4.69, 9.17) is 0 Å². The molecule has 1 aliphatic rings. The number of nitrogens with one attached hydrogen (secondary N) is 1. The van der Waals surface area contributed by atoms with Crippen molar-refractivity contribution in [3.63, 3.8) is 0 Å². The van der Waals surface area contributed by atoms with Crippen LogP contribution in [0.2, 0.25) is 0 Å². The van der Waals surface area contributed by atoms with Gasteiger partial charge in [-0.2, -0.15) is 16.1 Å². The predicted molar refractivity (Wildman–Crippen MR) is 79.1 cm³/mol. The highest BCUT2D eigenvalue weighted by atomic mass is 32.2. The molecule has 7 heteroatoms. The molecule has 1 fully saturated rings. The number of nitrogens with zero attached hydrogens (tertiary/aromatic N) is 2. The van der Waals surface area contributed by atoms with Crippen LogP contribution in [0.15, 0.2) is 23.2 Å². The molecule has 1 N–H and O–H groups in total. The number of thioether (sulfide) groups is 1. The number of pyridine rings is 1. The minimum absolute atomic E-state index is 0.324. The average molecular weight is 301 g/mol. The van der Waals surface area contributed by atoms with Crippen LogP contribution in [-0.4, -0.2) is 48.8 Å². The molecule has 106 valence electrons. The van der Waals surface area contributed by atoms with Crippen LogP contribution in [0.4, 0.5) is 5.82 Å². The molecule has 1 saturated heterocycles. The molecule has 0 amide bonds. The molecule has 0 aliphatic carbocycles. The normalized spacial score (nSPS) is 17.9. The number of hydrogen-bond acceptors (Lipinski definition) is 5. The second-order valence-corrected chi connectivity index (χ2v) is 7.44. The zero-order valence-corrected chi connectivity index (χ0v) is 12.6. The first-order chi connectivity index (χ1) is 9.14. The highest BCUT2D eigenvalue weighted by molar-refractivity contribution is 7.99. The SMILES string of the molecule is CCNc1cc(S(=O)(=O)N2CCCSCC2)ccn1. The minimum atomic E-state index is -3.39. The molecular weight excluding hydrogens is 282 g/mol. The summed E-state index contributed by atoms with van der Waals surface area (Å²) in [5, 5.41) is 3.04. The third kappa shape index (κ3) is 3.61. The summed E-state index contributed by atoms with van der Waals surface area (Å²) in [7, 11) is -3.39. The van der Waals surface area contributed by atoms with Gasteiger partial charge in [0.1, 0.15) is 5.82 Å². The lowest BCUT2D eigenvalue weighted by molar-refractivity contribution is 0.435. The van der Waals surface area contributed by atoms with Crippen LogP contribution in [0.5, 0.6) is 0 Å². The molecule has 0 radical (unpaired) electrons. The molecule has 5 nitrogen and oxygen atoms in total. The van der Waals surface area contributed by atoms with Gasteiger partial charge in [-0.3, -0.25) is 0 Å². The Balaban J connectivity index is 2.24. The zero-order valence-electron chi connectivity index (χ0n) is 11.0. The monoisotopic (exact) mass is 301 g/mol. The van der Waals surface area contributed by atoms with E-state index in [-0.39, 0.29) is 0 Å². The van der Waals surface area contributed by atoms with Crippen molar-refractivity contribution in [3.8, 4) is 0 Å². The lowest BCUT2D eigenvalue weighted by Gasteiger charge is -2.19. The summed E-state index contributed by atoms with van der Waals surface area (Å²) < 4.78 is 26.7. The summed E-state index contributed by atoms with van der Waals surface area (Å²) >= 11 is 1.81. The van der Waals surface area contributed by atoms with Crippen molar-refractivity contribution in [2.24, 2.45) is 0 Å². The summed E-state index contributed by atoms with van der Waals surface area (Å²) in [6.45, 7) is 3.87. The second-order valence-electron chi connectivity index (χ2n) is 4.28. The lowest BCUT2D eigenvalue weighted by atomic mass is 10.4. The quantitative estimate of drug-likeness (QED) is 0.916. The number of sulfonamides is 1. The fourth-order valence-electron chi connectivity index (χ4n) is 1.96. The van der Waals surface area contributed by atoms with E-state index in [1.807, 2.05) is 18.7 Å². The maximum absolute atomic E-state index is 12.6. The van der Waals surface area contributed by atoms with E-state index in [2.05, 4.69) is 10.3 Å². The maximum Gasteiger partial charge on any atom is 0.243 e. The zero-order chi connectivity index (χ0) is 13.7. The smallest absolute Gasteiger partial charge is 0.243 e. The maximum atomic E-state index is 12.6. The Kier molecular flexibility index (Phi) is 5.06. The molecule has 0 spiro atoms. The summed E-state index contributed by atoms with van der Waals surface area (Å²) in [6.07, 6.45) is 2.45. The molecule has 19 heavy (non-hydrogen) atoms. The van der Waals surface area contributed by atoms with E-state index in [1.165, 1.54) is 6.20 Å². The van der Waals surface area contributed by atoms with Crippen LogP contribution < -0.4 is 5.32 Å². The molecule has 1 aliphatic heterocycles. The van der Waals surface area contributed by atoms with Crippen molar-refractivity contribution in [3.05, 3.63) is 18.3 Å². The van der Waals surface area contributed by atoms with Gasteiger partial charge in [-0.25, -0.2) is 13.4 Å². The molecule has 2 rings (SSSR count). The van der Waals surface area contributed by atoms with Crippen molar-refractivity contribution in [1.82, 2.24) is 9.29 Å². The first-order valence-electron chi connectivity index (χ1n) is 6.42. The van der Waals surface area contributed by atoms with Gasteiger partial charge in [0, 0.05) is 37.7 Å². The van der Waals surface area contributed by atoms with Gasteiger partial charge in [0.15, 0.2) is 0 Å². The van der Waals surface area contributed by atoms with Gasteiger partial charge in [-0.05, 0) is 25.2 Å². The fourth-order valence-corrected chi connectivity index (χ4v) is 4.46. The van der Waals surface area contributed by atoms with E-state index in [0.29, 0.717) is 23.8 Å². The molecule has 2 heterocycles. The number of aromatic nitrogens is 1. The molecule has 0 atom stereocenters. The highest BCUT2D eigenvalue weighted by Gasteiger charge is 2.25. The van der Waals surface area contributed by atoms with Crippen LogP contribution in [-0.2, 0) is 10.0 Å². The Morgan fingerprint density at radius 1 is 1.42 bits per heavy atom. The molecule has 0 aromatic carbocycles. The molecule has 1 aromatic rings. The van der Waals surface area contributed by atoms with Gasteiger partial charge in [0.2, 0.25) is 10.0 Å². The van der Waals surface area contributed by atoms with E-state index in [9.17, 15) is 8.42 Å². The van der Waals surface area contributed by atoms with Gasteiger partial charge < -0.3 is 5.32 Å². The molecule has 0 unspecified atom stereocenters. The van der Waals surface area contributed by atoms with E-state index < -0.39 is 10.0 Å². The predicted octanol–water partition coefficient (Wildman–Crippen LogP) is 1.64. The second kappa shape index (κ2) is 6.58. The number of hydrogen-bond donors (Lipinski definition) is 1. The Morgan fingerprint density at radius 2 is 2.26 bits per heavy atom. The van der Waals surface area contributed by atoms with Gasteiger partial charge >= 0.3 is 0 Å². The van der Waals surface area contributed by atoms with Crippen molar-refractivity contribution in [2.45, 2.75) is 18.2 Å². The summed E-state index contributed by atoms with van der Waals surface area (Å²) in [5.41, 5.74) is 0. The van der Waals surface area contributed by atoms with Gasteiger partial charge in [-0.15, -0.1) is 0 Å². The van der Waals surface area contributed by atoms with Crippen LogP contribution in [0, 0.1) is 0 Å². The lowest BCUT2D eigenvalue weighted by Crippen LogP contribution is -2.33. The Hall–Kier alpha value is -0.790. The van der Waals surface area contributed by atoms with E-state index >= 15 is 0 Å². The van der Waals surface area contributed by atoms with Crippen LogP contribution >= 0.6 is 11.8 Å². The van der Waals surface area contributed by atoms with Crippen molar-refractivity contribution in [1.29, 1.82) is 0 Å². The molecule has 0 saturated carbocycles. The standard InChI is InChI=1S/C12H19N3O2S2/c1-2-13-12-10-11(4-5-14-12)19(16,17)15-6-3-8-18-9-7-15/h4-5,10H,2-3,6-9H2,1H3,(H,13,14). The van der Waals surface area contributed by atoms with Gasteiger partial charge in [0.05, 0.1) is 4.90 Å². The number of rotatable bonds is 4. The van der Waals surface area contributed by atoms with E-state index in [1.54, 1.807) is 16.4 Å². The van der Waals surface area contributed by atoms with Crippen LogP contribution in [0.3, 0.4) is 0 Å². The van der Waals surface area contributed by atoms with Crippen LogP contribution in [0.25, 0.3) is 0 Å².